The zero-order valence-corrected chi connectivity index (χ0v) is 11.4. The number of halogens is 1. The quantitative estimate of drug-likeness (QED) is 0.926. The average molecular weight is 298 g/mol. The molecule has 0 bridgehead atoms. The summed E-state index contributed by atoms with van der Waals surface area (Å²) < 4.78 is 11.8. The van der Waals surface area contributed by atoms with E-state index < -0.39 is 0 Å². The van der Waals surface area contributed by atoms with E-state index in [1.165, 1.54) is 18.4 Å². The van der Waals surface area contributed by atoms with Gasteiger partial charge in [-0.2, -0.15) is 0 Å². The predicted octanol–water partition coefficient (Wildman–Crippen LogP) is 3.07. The van der Waals surface area contributed by atoms with E-state index in [0.29, 0.717) is 12.8 Å². The summed E-state index contributed by atoms with van der Waals surface area (Å²) in [4.78, 5) is 0. The van der Waals surface area contributed by atoms with Gasteiger partial charge in [0.2, 0.25) is 6.79 Å². The molecule has 1 saturated carbocycles. The van der Waals surface area contributed by atoms with Crippen molar-refractivity contribution >= 4 is 15.9 Å². The van der Waals surface area contributed by atoms with Gasteiger partial charge in [-0.1, -0.05) is 0 Å². The second-order valence-corrected chi connectivity index (χ2v) is 5.67. The Morgan fingerprint density at radius 3 is 3.00 bits per heavy atom. The van der Waals surface area contributed by atoms with Gasteiger partial charge in [-0.15, -0.1) is 0 Å². The molecule has 1 unspecified atom stereocenters. The Morgan fingerprint density at radius 2 is 2.24 bits per heavy atom. The molecule has 0 aromatic heterocycles. The van der Waals surface area contributed by atoms with Gasteiger partial charge in [-0.25, -0.2) is 0 Å². The van der Waals surface area contributed by atoms with Gasteiger partial charge < -0.3 is 14.8 Å². The van der Waals surface area contributed by atoms with Gasteiger partial charge in [-0.3, -0.25) is 0 Å². The van der Waals surface area contributed by atoms with Crippen molar-refractivity contribution in [2.75, 3.05) is 6.79 Å². The molecule has 0 spiro atoms. The van der Waals surface area contributed by atoms with Crippen molar-refractivity contribution in [1.82, 2.24) is 5.32 Å². The molecule has 0 saturated heterocycles. The van der Waals surface area contributed by atoms with Crippen LogP contribution in [0.4, 0.5) is 0 Å². The number of rotatable bonds is 4. The lowest BCUT2D eigenvalue weighted by atomic mass is 10.1. The average Bonchev–Trinajstić information content (AvgIpc) is 3.05. The Hall–Kier alpha value is -0.740. The van der Waals surface area contributed by atoms with Gasteiger partial charge >= 0.3 is 0 Å². The van der Waals surface area contributed by atoms with E-state index in [9.17, 15) is 0 Å². The van der Waals surface area contributed by atoms with Crippen LogP contribution in [0.5, 0.6) is 11.5 Å². The molecule has 1 aromatic rings. The lowest BCUT2D eigenvalue weighted by molar-refractivity contribution is 0.173. The molecular formula is C13H16BrNO2. The largest absolute Gasteiger partial charge is 0.454 e. The minimum Gasteiger partial charge on any atom is -0.454 e. The third-order valence-corrected chi connectivity index (χ3v) is 4.03. The molecule has 1 aromatic carbocycles. The van der Waals surface area contributed by atoms with E-state index in [1.54, 1.807) is 0 Å². The standard InChI is InChI=1S/C13H16BrNO2/c1-8(10-2-3-10)15-6-9-4-11(14)13-12(5-9)16-7-17-13/h4-5,8,10,15H,2-3,6-7H2,1H3. The monoisotopic (exact) mass is 297 g/mol. The van der Waals surface area contributed by atoms with E-state index in [4.69, 9.17) is 9.47 Å². The number of fused-ring (bicyclic) bond motifs is 1. The highest BCUT2D eigenvalue weighted by Crippen LogP contribution is 2.40. The normalized spacial score (nSPS) is 19.4. The molecule has 1 atom stereocenters. The van der Waals surface area contributed by atoms with Crippen molar-refractivity contribution in [2.24, 2.45) is 5.92 Å². The zero-order chi connectivity index (χ0) is 11.8. The summed E-state index contributed by atoms with van der Waals surface area (Å²) >= 11 is 3.51. The van der Waals surface area contributed by atoms with Gasteiger partial charge in [0.15, 0.2) is 11.5 Å². The van der Waals surface area contributed by atoms with Crippen LogP contribution >= 0.6 is 15.9 Å². The molecule has 0 radical (unpaired) electrons. The highest BCUT2D eigenvalue weighted by Gasteiger charge is 2.27. The minimum absolute atomic E-state index is 0.323. The topological polar surface area (TPSA) is 30.5 Å². The Kier molecular flexibility index (Phi) is 3.01. The molecule has 3 rings (SSSR count). The van der Waals surface area contributed by atoms with E-state index in [-0.39, 0.29) is 0 Å². The summed E-state index contributed by atoms with van der Waals surface area (Å²) in [6.45, 7) is 3.47. The summed E-state index contributed by atoms with van der Waals surface area (Å²) in [7, 11) is 0. The summed E-state index contributed by atoms with van der Waals surface area (Å²) in [6.07, 6.45) is 2.75. The predicted molar refractivity (Wildman–Crippen MR) is 69.3 cm³/mol. The van der Waals surface area contributed by atoms with Crippen LogP contribution in [0, 0.1) is 5.92 Å². The fourth-order valence-electron chi connectivity index (χ4n) is 2.16. The van der Waals surface area contributed by atoms with E-state index in [0.717, 1.165) is 28.4 Å². The SMILES string of the molecule is CC(NCc1cc(Br)c2c(c1)OCO2)C1CC1. The van der Waals surface area contributed by atoms with Gasteiger partial charge in [0, 0.05) is 12.6 Å². The summed E-state index contributed by atoms with van der Waals surface area (Å²) in [6, 6.07) is 4.76. The number of nitrogens with one attached hydrogen (secondary N) is 1. The highest BCUT2D eigenvalue weighted by molar-refractivity contribution is 9.10. The third kappa shape index (κ3) is 2.43. The summed E-state index contributed by atoms with van der Waals surface area (Å²) in [5.41, 5.74) is 1.23. The molecule has 3 nitrogen and oxygen atoms in total. The second-order valence-electron chi connectivity index (χ2n) is 4.82. The van der Waals surface area contributed by atoms with E-state index >= 15 is 0 Å². The minimum atomic E-state index is 0.323. The van der Waals surface area contributed by atoms with Crippen LogP contribution in [-0.2, 0) is 6.54 Å². The maximum Gasteiger partial charge on any atom is 0.231 e. The van der Waals surface area contributed by atoms with E-state index in [2.05, 4.69) is 40.3 Å². The van der Waals surface area contributed by atoms with Crippen LogP contribution < -0.4 is 14.8 Å². The Labute approximate surface area is 110 Å². The Morgan fingerprint density at radius 1 is 1.41 bits per heavy atom. The van der Waals surface area contributed by atoms with Gasteiger partial charge in [-0.05, 0) is 59.3 Å². The van der Waals surface area contributed by atoms with Crippen molar-refractivity contribution in [2.45, 2.75) is 32.4 Å². The van der Waals surface area contributed by atoms with Gasteiger partial charge in [0.05, 0.1) is 4.47 Å². The fourth-order valence-corrected chi connectivity index (χ4v) is 2.77. The maximum atomic E-state index is 5.41. The van der Waals surface area contributed by atoms with E-state index in [1.807, 2.05) is 0 Å². The van der Waals surface area contributed by atoms with Crippen LogP contribution in [0.3, 0.4) is 0 Å². The highest BCUT2D eigenvalue weighted by atomic mass is 79.9. The van der Waals surface area contributed by atoms with Crippen LogP contribution in [0.15, 0.2) is 16.6 Å². The van der Waals surface area contributed by atoms with Crippen LogP contribution in [-0.4, -0.2) is 12.8 Å². The lowest BCUT2D eigenvalue weighted by Gasteiger charge is -2.13. The number of hydrogen-bond acceptors (Lipinski definition) is 3. The molecule has 4 heteroatoms. The molecule has 17 heavy (non-hydrogen) atoms. The fraction of sp³-hybridized carbons (Fsp3) is 0.538. The summed E-state index contributed by atoms with van der Waals surface area (Å²) in [5, 5.41) is 3.56. The van der Waals surface area contributed by atoms with Crippen molar-refractivity contribution in [3.63, 3.8) is 0 Å². The van der Waals surface area contributed by atoms with Crippen molar-refractivity contribution in [3.05, 3.63) is 22.2 Å². The Bertz CT molecular complexity index is 432. The molecular weight excluding hydrogens is 282 g/mol. The van der Waals surface area contributed by atoms with Gasteiger partial charge in [0.25, 0.3) is 0 Å². The second kappa shape index (κ2) is 4.50. The van der Waals surface area contributed by atoms with Crippen molar-refractivity contribution < 1.29 is 9.47 Å². The van der Waals surface area contributed by atoms with Crippen LogP contribution in [0.1, 0.15) is 25.3 Å². The first-order valence-corrected chi connectivity index (χ1v) is 6.85. The number of ether oxygens (including phenoxy) is 2. The first-order chi connectivity index (χ1) is 8.24. The Balaban J connectivity index is 1.68. The molecule has 1 N–H and O–H groups in total. The molecule has 92 valence electrons. The number of hydrogen-bond donors (Lipinski definition) is 1. The smallest absolute Gasteiger partial charge is 0.231 e. The molecule has 0 amide bonds. The molecule has 1 aliphatic carbocycles. The molecule has 1 heterocycles. The summed E-state index contributed by atoms with van der Waals surface area (Å²) in [5.74, 6) is 2.55. The zero-order valence-electron chi connectivity index (χ0n) is 9.83. The number of benzene rings is 1. The van der Waals surface area contributed by atoms with Crippen molar-refractivity contribution in [1.29, 1.82) is 0 Å². The molecule has 2 aliphatic rings. The maximum absolute atomic E-state index is 5.41. The van der Waals surface area contributed by atoms with Crippen molar-refractivity contribution in [3.8, 4) is 11.5 Å². The van der Waals surface area contributed by atoms with Crippen LogP contribution in [0.25, 0.3) is 0 Å². The first kappa shape index (κ1) is 11.4. The lowest BCUT2D eigenvalue weighted by Crippen LogP contribution is -2.27. The van der Waals surface area contributed by atoms with Crippen LogP contribution in [0.2, 0.25) is 0 Å². The third-order valence-electron chi connectivity index (χ3n) is 3.44. The first-order valence-electron chi connectivity index (χ1n) is 6.05. The van der Waals surface area contributed by atoms with Gasteiger partial charge in [0.1, 0.15) is 0 Å². The molecule has 1 fully saturated rings. The molecule has 1 aliphatic heterocycles.